The molecule has 1 heterocycles. The molecule has 0 aromatic carbocycles. The van der Waals surface area contributed by atoms with Crippen LogP contribution in [0.4, 0.5) is 13.2 Å². The molecular formula is C8H5F3N2O. The van der Waals surface area contributed by atoms with Gasteiger partial charge in [-0.15, -0.1) is 0 Å². The highest BCUT2D eigenvalue weighted by atomic mass is 19.3. The van der Waals surface area contributed by atoms with E-state index in [1.807, 2.05) is 0 Å². The summed E-state index contributed by atoms with van der Waals surface area (Å²) in [6.07, 6.45) is -2.94. The van der Waals surface area contributed by atoms with Crippen LogP contribution in [0.15, 0.2) is 6.07 Å². The molecule has 6 heteroatoms. The van der Waals surface area contributed by atoms with Gasteiger partial charge in [-0.2, -0.15) is 9.65 Å². The van der Waals surface area contributed by atoms with E-state index in [2.05, 4.69) is 4.98 Å². The summed E-state index contributed by atoms with van der Waals surface area (Å²) in [4.78, 5) is 3.08. The Hall–Kier alpha value is -1.61. The fraction of sp³-hybridized carbons (Fsp3) is 0.250. The number of hydrogen-bond acceptors (Lipinski definition) is 3. The SMILES string of the molecule is N#Cc1cc(C(F)F)c(CO)c(F)n1. The number of nitrogens with zero attached hydrogens (tertiary/aromatic N) is 2. The molecule has 0 unspecified atom stereocenters. The molecule has 0 aliphatic carbocycles. The number of nitriles is 1. The third kappa shape index (κ3) is 1.83. The smallest absolute Gasteiger partial charge is 0.264 e. The molecule has 0 aliphatic heterocycles. The highest BCUT2D eigenvalue weighted by Crippen LogP contribution is 2.24. The maximum Gasteiger partial charge on any atom is 0.264 e. The summed E-state index contributed by atoms with van der Waals surface area (Å²) in [5.41, 5.74) is -1.70. The molecule has 0 aliphatic rings. The molecule has 1 N–H and O–H groups in total. The lowest BCUT2D eigenvalue weighted by atomic mass is 10.1. The molecule has 74 valence electrons. The van der Waals surface area contributed by atoms with Crippen LogP contribution in [0.3, 0.4) is 0 Å². The molecule has 1 aromatic heterocycles. The fourth-order valence-corrected chi connectivity index (χ4v) is 0.968. The van der Waals surface area contributed by atoms with Crippen LogP contribution in [-0.4, -0.2) is 10.1 Å². The van der Waals surface area contributed by atoms with Gasteiger partial charge in [-0.05, 0) is 6.07 Å². The molecule has 0 spiro atoms. The molecule has 1 aromatic rings. The molecule has 0 radical (unpaired) electrons. The van der Waals surface area contributed by atoms with Crippen molar-refractivity contribution in [2.75, 3.05) is 0 Å². The number of rotatable bonds is 2. The van der Waals surface area contributed by atoms with E-state index in [0.717, 1.165) is 6.07 Å². The third-order valence-electron chi connectivity index (χ3n) is 1.62. The topological polar surface area (TPSA) is 56.9 Å². The van der Waals surface area contributed by atoms with Crippen molar-refractivity contribution in [1.29, 1.82) is 5.26 Å². The molecule has 14 heavy (non-hydrogen) atoms. The summed E-state index contributed by atoms with van der Waals surface area (Å²) in [5, 5.41) is 17.0. The van der Waals surface area contributed by atoms with Gasteiger partial charge in [-0.25, -0.2) is 13.8 Å². The Morgan fingerprint density at radius 3 is 2.64 bits per heavy atom. The van der Waals surface area contributed by atoms with Crippen molar-refractivity contribution >= 4 is 0 Å². The number of halogens is 3. The van der Waals surface area contributed by atoms with Crippen LogP contribution in [0.25, 0.3) is 0 Å². The summed E-state index contributed by atoms with van der Waals surface area (Å²) in [6, 6.07) is 2.21. The second-order valence-electron chi connectivity index (χ2n) is 2.44. The van der Waals surface area contributed by atoms with Crippen LogP contribution in [0.2, 0.25) is 0 Å². The molecule has 3 nitrogen and oxygen atoms in total. The number of alkyl halides is 2. The number of hydrogen-bond donors (Lipinski definition) is 1. The van der Waals surface area contributed by atoms with Crippen molar-refractivity contribution in [2.24, 2.45) is 0 Å². The average molecular weight is 202 g/mol. The molecular weight excluding hydrogens is 197 g/mol. The Morgan fingerprint density at radius 1 is 1.57 bits per heavy atom. The van der Waals surface area contributed by atoms with Crippen LogP contribution < -0.4 is 0 Å². The van der Waals surface area contributed by atoms with Crippen molar-refractivity contribution in [3.63, 3.8) is 0 Å². The fourth-order valence-electron chi connectivity index (χ4n) is 0.968. The van der Waals surface area contributed by atoms with E-state index < -0.39 is 35.8 Å². The van der Waals surface area contributed by atoms with Crippen LogP contribution in [0, 0.1) is 17.3 Å². The van der Waals surface area contributed by atoms with Crippen LogP contribution >= 0.6 is 0 Å². The van der Waals surface area contributed by atoms with E-state index >= 15 is 0 Å². The molecule has 0 bridgehead atoms. The van der Waals surface area contributed by atoms with Crippen molar-refractivity contribution in [3.05, 3.63) is 28.8 Å². The normalized spacial score (nSPS) is 10.3. The van der Waals surface area contributed by atoms with Gasteiger partial charge in [-0.1, -0.05) is 0 Å². The number of aliphatic hydroxyl groups excluding tert-OH is 1. The number of pyridine rings is 1. The lowest BCUT2D eigenvalue weighted by Gasteiger charge is -2.06. The predicted octanol–water partition coefficient (Wildman–Crippen LogP) is 1.52. The highest BCUT2D eigenvalue weighted by molar-refractivity contribution is 5.33. The van der Waals surface area contributed by atoms with Gasteiger partial charge in [-0.3, -0.25) is 0 Å². The zero-order valence-electron chi connectivity index (χ0n) is 6.84. The Labute approximate surface area is 77.4 Å². The first-order chi connectivity index (χ1) is 6.60. The number of aromatic nitrogens is 1. The largest absolute Gasteiger partial charge is 0.391 e. The van der Waals surface area contributed by atoms with E-state index in [9.17, 15) is 13.2 Å². The molecule has 0 saturated carbocycles. The number of aliphatic hydroxyl groups is 1. The highest BCUT2D eigenvalue weighted by Gasteiger charge is 2.18. The first-order valence-corrected chi connectivity index (χ1v) is 3.58. The average Bonchev–Trinajstić information content (AvgIpc) is 2.16. The maximum absolute atomic E-state index is 12.9. The molecule has 0 fully saturated rings. The third-order valence-corrected chi connectivity index (χ3v) is 1.62. The minimum absolute atomic E-state index is 0.435. The van der Waals surface area contributed by atoms with Gasteiger partial charge < -0.3 is 5.11 Å². The summed E-state index contributed by atoms with van der Waals surface area (Å²) < 4.78 is 37.5. The van der Waals surface area contributed by atoms with E-state index in [4.69, 9.17) is 10.4 Å². The van der Waals surface area contributed by atoms with Crippen molar-refractivity contribution < 1.29 is 18.3 Å². The van der Waals surface area contributed by atoms with Gasteiger partial charge in [0, 0.05) is 11.1 Å². The van der Waals surface area contributed by atoms with Gasteiger partial charge in [0.25, 0.3) is 6.43 Å². The molecule has 1 rings (SSSR count). The quantitative estimate of drug-likeness (QED) is 0.739. The van der Waals surface area contributed by atoms with Gasteiger partial charge in [0.15, 0.2) is 0 Å². The van der Waals surface area contributed by atoms with Gasteiger partial charge in [0.1, 0.15) is 11.8 Å². The van der Waals surface area contributed by atoms with E-state index in [1.54, 1.807) is 0 Å². The Kier molecular flexibility index (Phi) is 3.04. The maximum atomic E-state index is 12.9. The molecule has 0 saturated heterocycles. The molecule has 0 amide bonds. The minimum Gasteiger partial charge on any atom is -0.391 e. The van der Waals surface area contributed by atoms with Crippen LogP contribution in [0.5, 0.6) is 0 Å². The van der Waals surface area contributed by atoms with Crippen molar-refractivity contribution in [3.8, 4) is 6.07 Å². The van der Waals surface area contributed by atoms with Crippen molar-refractivity contribution in [1.82, 2.24) is 4.98 Å². The zero-order valence-corrected chi connectivity index (χ0v) is 6.84. The first-order valence-electron chi connectivity index (χ1n) is 3.58. The van der Waals surface area contributed by atoms with Crippen LogP contribution in [0.1, 0.15) is 23.2 Å². The summed E-state index contributed by atoms with van der Waals surface area (Å²) in [5.74, 6) is -1.23. The van der Waals surface area contributed by atoms with E-state index in [1.165, 1.54) is 6.07 Å². The lowest BCUT2D eigenvalue weighted by Crippen LogP contribution is -2.03. The Balaban J connectivity index is 3.37. The Bertz CT molecular complexity index is 387. The second-order valence-corrected chi connectivity index (χ2v) is 2.44. The van der Waals surface area contributed by atoms with Gasteiger partial charge in [0.2, 0.25) is 5.95 Å². The van der Waals surface area contributed by atoms with Gasteiger partial charge in [0.05, 0.1) is 6.61 Å². The predicted molar refractivity (Wildman–Crippen MR) is 39.8 cm³/mol. The minimum atomic E-state index is -2.94. The first kappa shape index (κ1) is 10.5. The summed E-state index contributed by atoms with van der Waals surface area (Å²) in [6.45, 7) is -0.871. The van der Waals surface area contributed by atoms with E-state index in [0.29, 0.717) is 0 Å². The summed E-state index contributed by atoms with van der Waals surface area (Å²) >= 11 is 0. The summed E-state index contributed by atoms with van der Waals surface area (Å²) in [7, 11) is 0. The van der Waals surface area contributed by atoms with Crippen LogP contribution in [-0.2, 0) is 6.61 Å². The Morgan fingerprint density at radius 2 is 2.21 bits per heavy atom. The zero-order chi connectivity index (χ0) is 10.7. The standard InChI is InChI=1S/C8H5F3N2O/c9-7(10)5-1-4(2-12)13-8(11)6(5)3-14/h1,7,14H,3H2. The lowest BCUT2D eigenvalue weighted by molar-refractivity contribution is 0.145. The van der Waals surface area contributed by atoms with Crippen molar-refractivity contribution in [2.45, 2.75) is 13.0 Å². The monoisotopic (exact) mass is 202 g/mol. The molecule has 0 atom stereocenters. The second kappa shape index (κ2) is 4.07. The van der Waals surface area contributed by atoms with Gasteiger partial charge >= 0.3 is 0 Å². The van der Waals surface area contributed by atoms with E-state index in [-0.39, 0.29) is 0 Å².